The Kier molecular flexibility index (Phi) is 6.09. The fraction of sp³-hybridized carbons (Fsp3) is 0.211. The second kappa shape index (κ2) is 8.49. The second-order valence-electron chi connectivity index (χ2n) is 5.15. The molecule has 0 aliphatic heterocycles. The van der Waals surface area contributed by atoms with Crippen LogP contribution in [-0.4, -0.2) is 24.4 Å². The van der Waals surface area contributed by atoms with Gasteiger partial charge in [-0.1, -0.05) is 30.2 Å². The van der Waals surface area contributed by atoms with Gasteiger partial charge in [0.2, 0.25) is 0 Å². The lowest BCUT2D eigenvalue weighted by molar-refractivity contribution is 0.192. The van der Waals surface area contributed by atoms with Gasteiger partial charge in [0.25, 0.3) is 0 Å². The predicted octanol–water partition coefficient (Wildman–Crippen LogP) is 3.09. The van der Waals surface area contributed by atoms with Crippen molar-refractivity contribution < 1.29 is 19.4 Å². The molecule has 0 saturated heterocycles. The van der Waals surface area contributed by atoms with E-state index in [0.717, 1.165) is 22.6 Å². The monoisotopic (exact) mass is 325 g/mol. The maximum Gasteiger partial charge on any atom is 0.405 e. The maximum atomic E-state index is 10.6. The van der Waals surface area contributed by atoms with Crippen molar-refractivity contribution >= 4 is 6.09 Å². The first-order chi connectivity index (χ1) is 11.6. The van der Waals surface area contributed by atoms with E-state index in [0.29, 0.717) is 13.0 Å². The lowest BCUT2D eigenvalue weighted by atomic mass is 10.1. The predicted molar refractivity (Wildman–Crippen MR) is 91.3 cm³/mol. The number of benzene rings is 2. The molecule has 2 N–H and O–H groups in total. The summed E-state index contributed by atoms with van der Waals surface area (Å²) in [6.45, 7) is 0.455. The van der Waals surface area contributed by atoms with E-state index in [-0.39, 0.29) is 0 Å². The first kappa shape index (κ1) is 17.2. The van der Waals surface area contributed by atoms with E-state index in [2.05, 4.69) is 11.2 Å². The molecule has 0 aliphatic carbocycles. The zero-order chi connectivity index (χ0) is 17.4. The fourth-order valence-electron chi connectivity index (χ4n) is 2.15. The number of hydrogen-bond donors (Lipinski definition) is 2. The standard InChI is InChI=1S/C19H19NO4/c1-3-16(20-19(21)22)12-14-4-10-18(11-5-14)24-13-15-6-8-17(23-2)9-7-15/h1,4-11,16,20H,12-13H2,2H3,(H,21,22). The number of carboxylic acid groups (broad SMARTS) is 1. The van der Waals surface area contributed by atoms with E-state index in [1.165, 1.54) is 0 Å². The summed E-state index contributed by atoms with van der Waals surface area (Å²) < 4.78 is 10.8. The van der Waals surface area contributed by atoms with Gasteiger partial charge in [-0.15, -0.1) is 6.42 Å². The van der Waals surface area contributed by atoms with Crippen LogP contribution in [0.15, 0.2) is 48.5 Å². The summed E-state index contributed by atoms with van der Waals surface area (Å²) in [4.78, 5) is 10.6. The molecule has 0 aliphatic rings. The average molecular weight is 325 g/mol. The Balaban J connectivity index is 1.89. The third-order valence-electron chi connectivity index (χ3n) is 3.43. The minimum Gasteiger partial charge on any atom is -0.497 e. The van der Waals surface area contributed by atoms with Gasteiger partial charge < -0.3 is 19.9 Å². The van der Waals surface area contributed by atoms with Crippen LogP contribution in [0, 0.1) is 12.3 Å². The largest absolute Gasteiger partial charge is 0.497 e. The Hall–Kier alpha value is -3.13. The molecule has 1 unspecified atom stereocenters. The molecule has 24 heavy (non-hydrogen) atoms. The van der Waals surface area contributed by atoms with Crippen molar-refractivity contribution in [3.63, 3.8) is 0 Å². The highest BCUT2D eigenvalue weighted by molar-refractivity contribution is 5.65. The molecule has 5 heteroatoms. The SMILES string of the molecule is C#CC(Cc1ccc(OCc2ccc(OC)cc2)cc1)NC(=O)O. The van der Waals surface area contributed by atoms with Crippen molar-refractivity contribution in [1.82, 2.24) is 5.32 Å². The van der Waals surface area contributed by atoms with Gasteiger partial charge in [-0.2, -0.15) is 0 Å². The molecule has 124 valence electrons. The van der Waals surface area contributed by atoms with Gasteiger partial charge in [0.1, 0.15) is 18.1 Å². The summed E-state index contributed by atoms with van der Waals surface area (Å²) >= 11 is 0. The van der Waals surface area contributed by atoms with Crippen LogP contribution in [0.3, 0.4) is 0 Å². The molecule has 2 aromatic carbocycles. The van der Waals surface area contributed by atoms with Gasteiger partial charge in [0.05, 0.1) is 13.2 Å². The molecule has 2 aromatic rings. The summed E-state index contributed by atoms with van der Waals surface area (Å²) in [5.74, 6) is 3.96. The zero-order valence-electron chi connectivity index (χ0n) is 13.4. The number of amides is 1. The van der Waals surface area contributed by atoms with Crippen molar-refractivity contribution in [2.75, 3.05) is 7.11 Å². The zero-order valence-corrected chi connectivity index (χ0v) is 13.4. The first-order valence-electron chi connectivity index (χ1n) is 7.41. The summed E-state index contributed by atoms with van der Waals surface area (Å²) in [5, 5.41) is 11.0. The van der Waals surface area contributed by atoms with E-state index in [9.17, 15) is 4.79 Å². The molecule has 2 rings (SSSR count). The van der Waals surface area contributed by atoms with Gasteiger partial charge in [0, 0.05) is 6.42 Å². The number of carbonyl (C=O) groups is 1. The Morgan fingerprint density at radius 1 is 1.12 bits per heavy atom. The Morgan fingerprint density at radius 3 is 2.25 bits per heavy atom. The van der Waals surface area contributed by atoms with Gasteiger partial charge in [-0.25, -0.2) is 4.79 Å². The summed E-state index contributed by atoms with van der Waals surface area (Å²) in [6, 6.07) is 14.5. The third-order valence-corrected chi connectivity index (χ3v) is 3.43. The second-order valence-corrected chi connectivity index (χ2v) is 5.15. The number of ether oxygens (including phenoxy) is 2. The lowest BCUT2D eigenvalue weighted by Gasteiger charge is -2.11. The van der Waals surface area contributed by atoms with Gasteiger partial charge in [-0.05, 0) is 35.4 Å². The van der Waals surface area contributed by atoms with Crippen molar-refractivity contribution in [2.45, 2.75) is 19.1 Å². The number of rotatable bonds is 7. The molecule has 0 aromatic heterocycles. The highest BCUT2D eigenvalue weighted by atomic mass is 16.5. The molecule has 1 atom stereocenters. The summed E-state index contributed by atoms with van der Waals surface area (Å²) in [7, 11) is 1.63. The van der Waals surface area contributed by atoms with Crippen molar-refractivity contribution in [3.05, 3.63) is 59.7 Å². The molecular formula is C19H19NO4. The van der Waals surface area contributed by atoms with Crippen LogP contribution >= 0.6 is 0 Å². The first-order valence-corrected chi connectivity index (χ1v) is 7.41. The molecule has 0 spiro atoms. The van der Waals surface area contributed by atoms with E-state index in [1.54, 1.807) is 7.11 Å². The average Bonchev–Trinajstić information content (AvgIpc) is 2.60. The minimum absolute atomic E-state index is 0.432. The van der Waals surface area contributed by atoms with E-state index in [4.69, 9.17) is 21.0 Å². The maximum absolute atomic E-state index is 10.6. The highest BCUT2D eigenvalue weighted by Gasteiger charge is 2.09. The molecule has 0 heterocycles. The number of methoxy groups -OCH3 is 1. The highest BCUT2D eigenvalue weighted by Crippen LogP contribution is 2.17. The molecule has 0 saturated carbocycles. The molecule has 5 nitrogen and oxygen atoms in total. The third kappa shape index (κ3) is 5.25. The molecule has 0 fully saturated rings. The van der Waals surface area contributed by atoms with Gasteiger partial charge in [0.15, 0.2) is 0 Å². The van der Waals surface area contributed by atoms with E-state index < -0.39 is 12.1 Å². The summed E-state index contributed by atoms with van der Waals surface area (Å²) in [5.41, 5.74) is 1.97. The number of nitrogens with one attached hydrogen (secondary N) is 1. The number of hydrogen-bond acceptors (Lipinski definition) is 3. The smallest absolute Gasteiger partial charge is 0.405 e. The van der Waals surface area contributed by atoms with Gasteiger partial charge in [-0.3, -0.25) is 0 Å². The quantitative estimate of drug-likeness (QED) is 0.768. The Bertz CT molecular complexity index is 702. The van der Waals surface area contributed by atoms with Crippen LogP contribution in [0.2, 0.25) is 0 Å². The van der Waals surface area contributed by atoms with E-state index in [1.807, 2.05) is 48.5 Å². The lowest BCUT2D eigenvalue weighted by Crippen LogP contribution is -2.33. The normalized spacial score (nSPS) is 11.2. The van der Waals surface area contributed by atoms with Crippen LogP contribution in [0.25, 0.3) is 0 Å². The van der Waals surface area contributed by atoms with Crippen LogP contribution in [-0.2, 0) is 13.0 Å². The van der Waals surface area contributed by atoms with Gasteiger partial charge >= 0.3 is 6.09 Å². The van der Waals surface area contributed by atoms with Crippen molar-refractivity contribution in [2.24, 2.45) is 0 Å². The number of terminal acetylenes is 1. The van der Waals surface area contributed by atoms with E-state index >= 15 is 0 Å². The molecule has 0 radical (unpaired) electrons. The molecular weight excluding hydrogens is 306 g/mol. The van der Waals surface area contributed by atoms with Crippen LogP contribution in [0.1, 0.15) is 11.1 Å². The fourth-order valence-corrected chi connectivity index (χ4v) is 2.15. The topological polar surface area (TPSA) is 67.8 Å². The van der Waals surface area contributed by atoms with Crippen LogP contribution in [0.4, 0.5) is 4.79 Å². The summed E-state index contributed by atoms with van der Waals surface area (Å²) in [6.07, 6.45) is 4.63. The Morgan fingerprint density at radius 2 is 1.71 bits per heavy atom. The minimum atomic E-state index is -1.13. The van der Waals surface area contributed by atoms with Crippen molar-refractivity contribution in [1.29, 1.82) is 0 Å². The molecule has 0 bridgehead atoms. The van der Waals surface area contributed by atoms with Crippen molar-refractivity contribution in [3.8, 4) is 23.8 Å². The Labute approximate surface area is 141 Å². The van der Waals surface area contributed by atoms with Crippen LogP contribution < -0.4 is 14.8 Å². The van der Waals surface area contributed by atoms with Crippen LogP contribution in [0.5, 0.6) is 11.5 Å². The molecule has 1 amide bonds.